The highest BCUT2D eigenvalue weighted by atomic mass is 19.1. The van der Waals surface area contributed by atoms with Crippen LogP contribution in [-0.4, -0.2) is 50.7 Å². The molecule has 0 aromatic heterocycles. The fraction of sp³-hybridized carbons (Fsp3) is 0.263. The van der Waals surface area contributed by atoms with Gasteiger partial charge < -0.3 is 19.3 Å². The van der Waals surface area contributed by atoms with Crippen LogP contribution in [0.2, 0.25) is 0 Å². The largest absolute Gasteiger partial charge is 0.491 e. The third kappa shape index (κ3) is 8.17. The SMILES string of the molecule is COC(=O)c1cccc(OCCF)c1.O=C(O)c1cccc(OCCF)c1. The number of alkyl halides is 2. The Labute approximate surface area is 155 Å². The van der Waals surface area contributed by atoms with Crippen LogP contribution in [0.25, 0.3) is 0 Å². The quantitative estimate of drug-likeness (QED) is 0.703. The van der Waals surface area contributed by atoms with Gasteiger partial charge in [-0.2, -0.15) is 0 Å². The first-order valence-corrected chi connectivity index (χ1v) is 7.91. The lowest BCUT2D eigenvalue weighted by molar-refractivity contribution is 0.0599. The van der Waals surface area contributed by atoms with Gasteiger partial charge in [0.2, 0.25) is 0 Å². The van der Waals surface area contributed by atoms with E-state index in [-0.39, 0.29) is 18.8 Å². The van der Waals surface area contributed by atoms with Crippen LogP contribution in [0.3, 0.4) is 0 Å². The number of halogens is 2. The van der Waals surface area contributed by atoms with Gasteiger partial charge in [-0.25, -0.2) is 18.4 Å². The highest BCUT2D eigenvalue weighted by Crippen LogP contribution is 2.14. The zero-order chi connectivity index (χ0) is 20.1. The summed E-state index contributed by atoms with van der Waals surface area (Å²) < 4.78 is 37.9. The monoisotopic (exact) mass is 382 g/mol. The maximum absolute atomic E-state index is 11.8. The molecule has 0 saturated heterocycles. The van der Waals surface area contributed by atoms with E-state index in [0.717, 1.165) is 0 Å². The Kier molecular flexibility index (Phi) is 9.92. The third-order valence-corrected chi connectivity index (χ3v) is 3.03. The average Bonchev–Trinajstić information content (AvgIpc) is 2.71. The van der Waals surface area contributed by atoms with Gasteiger partial charge in [0, 0.05) is 0 Å². The lowest BCUT2D eigenvalue weighted by Gasteiger charge is -2.04. The summed E-state index contributed by atoms with van der Waals surface area (Å²) in [5.41, 5.74) is 0.528. The van der Waals surface area contributed by atoms with E-state index in [1.54, 1.807) is 30.3 Å². The number of carbonyl (C=O) groups excluding carboxylic acids is 1. The van der Waals surface area contributed by atoms with Crippen LogP contribution in [0.5, 0.6) is 11.5 Å². The van der Waals surface area contributed by atoms with Crippen molar-refractivity contribution >= 4 is 11.9 Å². The summed E-state index contributed by atoms with van der Waals surface area (Å²) in [7, 11) is 1.30. The number of carbonyl (C=O) groups is 2. The van der Waals surface area contributed by atoms with Gasteiger partial charge in [-0.3, -0.25) is 0 Å². The van der Waals surface area contributed by atoms with E-state index in [1.807, 2.05) is 0 Å². The number of methoxy groups -OCH3 is 1. The smallest absolute Gasteiger partial charge is 0.337 e. The molecule has 2 aromatic rings. The van der Waals surface area contributed by atoms with Crippen molar-refractivity contribution in [2.24, 2.45) is 0 Å². The standard InChI is InChI=1S/C10H11FO3.C9H9FO3/c1-13-10(12)8-3-2-4-9(7-8)14-6-5-11;10-4-5-13-8-3-1-2-7(6-8)9(11)12/h2-4,7H,5-6H2,1H3;1-3,6H,4-5H2,(H,11,12). The molecule has 0 aliphatic heterocycles. The summed E-state index contributed by atoms with van der Waals surface area (Å²) in [5.74, 6) is -0.621. The molecule has 1 N–H and O–H groups in total. The fourth-order valence-corrected chi connectivity index (χ4v) is 1.86. The molecule has 0 spiro atoms. The third-order valence-electron chi connectivity index (χ3n) is 3.03. The summed E-state index contributed by atoms with van der Waals surface area (Å²) in [4.78, 5) is 21.6. The summed E-state index contributed by atoms with van der Waals surface area (Å²) in [6, 6.07) is 12.4. The van der Waals surface area contributed by atoms with Crippen LogP contribution in [0.4, 0.5) is 8.78 Å². The van der Waals surface area contributed by atoms with E-state index >= 15 is 0 Å². The lowest BCUT2D eigenvalue weighted by atomic mass is 10.2. The van der Waals surface area contributed by atoms with Gasteiger partial charge in [0.15, 0.2) is 0 Å². The first-order chi connectivity index (χ1) is 13.0. The molecule has 0 heterocycles. The molecule has 0 aliphatic carbocycles. The van der Waals surface area contributed by atoms with Crippen LogP contribution in [-0.2, 0) is 4.74 Å². The minimum Gasteiger partial charge on any atom is -0.491 e. The Morgan fingerprint density at radius 2 is 1.37 bits per heavy atom. The van der Waals surface area contributed by atoms with E-state index in [2.05, 4.69) is 4.74 Å². The van der Waals surface area contributed by atoms with Gasteiger partial charge in [0.05, 0.1) is 18.2 Å². The minimum absolute atomic E-state index is 0.00930. The average molecular weight is 382 g/mol. The van der Waals surface area contributed by atoms with Crippen LogP contribution < -0.4 is 9.47 Å². The molecule has 6 nitrogen and oxygen atoms in total. The molecular weight excluding hydrogens is 362 g/mol. The lowest BCUT2D eigenvalue weighted by Crippen LogP contribution is -2.03. The van der Waals surface area contributed by atoms with Gasteiger partial charge in [0.1, 0.15) is 38.1 Å². The summed E-state index contributed by atoms with van der Waals surface area (Å²) in [6.07, 6.45) is 0. The minimum atomic E-state index is -1.02. The summed E-state index contributed by atoms with van der Waals surface area (Å²) in [6.45, 7) is -1.20. The van der Waals surface area contributed by atoms with Crippen molar-refractivity contribution in [3.05, 3.63) is 59.7 Å². The molecule has 0 aliphatic rings. The van der Waals surface area contributed by atoms with Crippen molar-refractivity contribution in [1.82, 2.24) is 0 Å². The number of carboxylic acids is 1. The van der Waals surface area contributed by atoms with Gasteiger partial charge in [-0.1, -0.05) is 12.1 Å². The van der Waals surface area contributed by atoms with E-state index in [0.29, 0.717) is 17.1 Å². The van der Waals surface area contributed by atoms with Crippen molar-refractivity contribution < 1.29 is 37.7 Å². The number of hydrogen-bond acceptors (Lipinski definition) is 5. The molecule has 0 fully saturated rings. The van der Waals surface area contributed by atoms with E-state index < -0.39 is 25.3 Å². The summed E-state index contributed by atoms with van der Waals surface area (Å²) >= 11 is 0. The Morgan fingerprint density at radius 3 is 1.81 bits per heavy atom. The topological polar surface area (TPSA) is 82.1 Å². The Balaban J connectivity index is 0.000000271. The van der Waals surface area contributed by atoms with Gasteiger partial charge in [0.25, 0.3) is 0 Å². The maximum Gasteiger partial charge on any atom is 0.337 e. The van der Waals surface area contributed by atoms with Crippen LogP contribution >= 0.6 is 0 Å². The molecule has 2 aromatic carbocycles. The highest BCUT2D eigenvalue weighted by Gasteiger charge is 2.05. The van der Waals surface area contributed by atoms with E-state index in [4.69, 9.17) is 14.6 Å². The maximum atomic E-state index is 11.8. The molecule has 0 unspecified atom stereocenters. The number of esters is 1. The second kappa shape index (κ2) is 12.2. The van der Waals surface area contributed by atoms with Crippen LogP contribution in [0, 0.1) is 0 Å². The Bertz CT molecular complexity index is 736. The van der Waals surface area contributed by atoms with E-state index in [1.165, 1.54) is 25.3 Å². The Hall–Kier alpha value is -3.16. The number of aromatic carboxylic acids is 1. The van der Waals surface area contributed by atoms with Gasteiger partial charge in [-0.15, -0.1) is 0 Å². The zero-order valence-electron chi connectivity index (χ0n) is 14.7. The molecule has 2 rings (SSSR count). The number of carboxylic acid groups (broad SMARTS) is 1. The number of benzene rings is 2. The van der Waals surface area contributed by atoms with Gasteiger partial charge >= 0.3 is 11.9 Å². The van der Waals surface area contributed by atoms with Crippen molar-refractivity contribution in [3.63, 3.8) is 0 Å². The highest BCUT2D eigenvalue weighted by molar-refractivity contribution is 5.89. The van der Waals surface area contributed by atoms with Crippen molar-refractivity contribution in [3.8, 4) is 11.5 Å². The molecule has 146 valence electrons. The predicted molar refractivity (Wildman–Crippen MR) is 94.1 cm³/mol. The number of hydrogen-bond donors (Lipinski definition) is 1. The van der Waals surface area contributed by atoms with Crippen molar-refractivity contribution in [2.45, 2.75) is 0 Å². The van der Waals surface area contributed by atoms with Gasteiger partial charge in [-0.05, 0) is 36.4 Å². The Morgan fingerprint density at radius 1 is 0.889 bits per heavy atom. The molecule has 0 radical (unpaired) electrons. The summed E-state index contributed by atoms with van der Waals surface area (Å²) in [5, 5.41) is 8.61. The second-order valence-electron chi connectivity index (χ2n) is 4.93. The van der Waals surface area contributed by atoms with Crippen molar-refractivity contribution in [2.75, 3.05) is 33.7 Å². The molecule has 0 atom stereocenters. The second-order valence-corrected chi connectivity index (χ2v) is 4.93. The number of rotatable bonds is 8. The molecule has 27 heavy (non-hydrogen) atoms. The zero-order valence-corrected chi connectivity index (χ0v) is 14.7. The molecule has 0 saturated carbocycles. The molecular formula is C19H20F2O6. The fourth-order valence-electron chi connectivity index (χ4n) is 1.86. The molecule has 8 heteroatoms. The molecule has 0 bridgehead atoms. The first kappa shape index (κ1) is 21.9. The van der Waals surface area contributed by atoms with Crippen LogP contribution in [0.1, 0.15) is 20.7 Å². The first-order valence-electron chi connectivity index (χ1n) is 7.91. The predicted octanol–water partition coefficient (Wildman–Crippen LogP) is 3.55. The number of ether oxygens (including phenoxy) is 3. The molecule has 0 amide bonds. The van der Waals surface area contributed by atoms with Crippen molar-refractivity contribution in [1.29, 1.82) is 0 Å². The normalized spacial score (nSPS) is 9.59. The van der Waals surface area contributed by atoms with E-state index in [9.17, 15) is 18.4 Å². The van der Waals surface area contributed by atoms with Crippen LogP contribution in [0.15, 0.2) is 48.5 Å².